The third-order valence-electron chi connectivity index (χ3n) is 5.89. The number of furan rings is 1. The highest BCUT2D eigenvalue weighted by atomic mass is 16.6. The highest BCUT2D eigenvalue weighted by Crippen LogP contribution is 2.29. The summed E-state index contributed by atoms with van der Waals surface area (Å²) in [6, 6.07) is 3.43. The molecular weight excluding hydrogens is 404 g/mol. The molecule has 0 saturated heterocycles. The summed E-state index contributed by atoms with van der Waals surface area (Å²) < 4.78 is 19.6. The third-order valence-corrected chi connectivity index (χ3v) is 5.89. The van der Waals surface area contributed by atoms with Gasteiger partial charge in [-0.05, 0) is 37.8 Å². The molecule has 2 fully saturated rings. The maximum absolute atomic E-state index is 11.9. The van der Waals surface area contributed by atoms with Crippen molar-refractivity contribution in [1.82, 2.24) is 5.32 Å². The molecule has 0 spiro atoms. The van der Waals surface area contributed by atoms with E-state index in [1.807, 2.05) is 0 Å². The van der Waals surface area contributed by atoms with E-state index in [9.17, 15) is 14.4 Å². The summed E-state index contributed by atoms with van der Waals surface area (Å²) in [7, 11) is 2.72. The van der Waals surface area contributed by atoms with Crippen molar-refractivity contribution in [2.75, 3.05) is 14.2 Å². The molecule has 0 aliphatic heterocycles. The molecule has 0 radical (unpaired) electrons. The fourth-order valence-electron chi connectivity index (χ4n) is 4.08. The molecule has 9 heteroatoms. The molecule has 0 atom stereocenters. The number of hydrogen-bond donors (Lipinski definition) is 2. The molecule has 31 heavy (non-hydrogen) atoms. The summed E-state index contributed by atoms with van der Waals surface area (Å²) in [6.07, 6.45) is 9.70. The zero-order valence-corrected chi connectivity index (χ0v) is 18.4. The first kappa shape index (κ1) is 24.7. The monoisotopic (exact) mass is 438 g/mol. The summed E-state index contributed by atoms with van der Waals surface area (Å²) >= 11 is 0. The predicted molar refractivity (Wildman–Crippen MR) is 112 cm³/mol. The largest absolute Gasteiger partial charge is 0.468 e. The average molecular weight is 439 g/mol. The highest BCUT2D eigenvalue weighted by molar-refractivity contribution is 5.85. The summed E-state index contributed by atoms with van der Waals surface area (Å²) in [5.74, 6) is -0.111. The Morgan fingerprint density at radius 2 is 1.55 bits per heavy atom. The van der Waals surface area contributed by atoms with Crippen molar-refractivity contribution >= 4 is 18.0 Å². The van der Waals surface area contributed by atoms with Crippen molar-refractivity contribution < 1.29 is 33.0 Å². The number of esters is 2. The summed E-state index contributed by atoms with van der Waals surface area (Å²) in [6.45, 7) is 0.0378. The number of nitrogens with two attached hydrogens (primary N) is 1. The van der Waals surface area contributed by atoms with Crippen LogP contribution in [0.3, 0.4) is 0 Å². The second-order valence-electron chi connectivity index (χ2n) is 8.12. The molecule has 1 heterocycles. The molecule has 3 rings (SSSR count). The molecule has 174 valence electrons. The molecule has 1 aromatic rings. The van der Waals surface area contributed by atoms with Gasteiger partial charge in [0.2, 0.25) is 0 Å². The van der Waals surface area contributed by atoms with Gasteiger partial charge in [-0.15, -0.1) is 0 Å². The molecule has 2 aliphatic carbocycles. The van der Waals surface area contributed by atoms with Gasteiger partial charge in [0.1, 0.15) is 16.8 Å². The summed E-state index contributed by atoms with van der Waals surface area (Å²) in [5, 5.41) is 2.67. The zero-order valence-electron chi connectivity index (χ0n) is 18.4. The van der Waals surface area contributed by atoms with Gasteiger partial charge in [0, 0.05) is 0 Å². The Balaban J connectivity index is 0.000000262. The van der Waals surface area contributed by atoms with Crippen LogP contribution in [-0.4, -0.2) is 43.3 Å². The predicted octanol–water partition coefficient (Wildman–Crippen LogP) is 3.20. The number of carbonyl (C=O) groups is 3. The molecule has 2 saturated carbocycles. The number of hydrogen-bond acceptors (Lipinski definition) is 8. The maximum Gasteiger partial charge on any atom is 0.408 e. The van der Waals surface area contributed by atoms with Crippen molar-refractivity contribution in [3.8, 4) is 0 Å². The first-order valence-corrected chi connectivity index (χ1v) is 10.8. The normalized spacial score (nSPS) is 19.2. The van der Waals surface area contributed by atoms with Gasteiger partial charge in [-0.3, -0.25) is 4.79 Å². The van der Waals surface area contributed by atoms with Gasteiger partial charge < -0.3 is 29.7 Å². The van der Waals surface area contributed by atoms with Gasteiger partial charge in [0.25, 0.3) is 0 Å². The van der Waals surface area contributed by atoms with Gasteiger partial charge in [0.15, 0.2) is 6.61 Å². The van der Waals surface area contributed by atoms with Gasteiger partial charge in [0.05, 0.1) is 20.5 Å². The van der Waals surface area contributed by atoms with E-state index in [-0.39, 0.29) is 12.6 Å². The number of nitrogens with one attached hydrogen (secondary N) is 1. The number of ether oxygens (including phenoxy) is 3. The second-order valence-corrected chi connectivity index (χ2v) is 8.12. The minimum absolute atomic E-state index is 0.0378. The van der Waals surface area contributed by atoms with Crippen LogP contribution in [0, 0.1) is 0 Å². The minimum atomic E-state index is -0.951. The molecule has 0 unspecified atom stereocenters. The van der Waals surface area contributed by atoms with E-state index in [1.165, 1.54) is 26.9 Å². The molecule has 2 aliphatic rings. The highest BCUT2D eigenvalue weighted by Gasteiger charge is 2.42. The smallest absolute Gasteiger partial charge is 0.408 e. The van der Waals surface area contributed by atoms with Gasteiger partial charge >= 0.3 is 18.0 Å². The van der Waals surface area contributed by atoms with E-state index in [4.69, 9.17) is 19.6 Å². The first-order valence-electron chi connectivity index (χ1n) is 10.8. The Morgan fingerprint density at radius 3 is 2.06 bits per heavy atom. The maximum atomic E-state index is 11.9. The number of rotatable bonds is 5. The van der Waals surface area contributed by atoms with Crippen molar-refractivity contribution in [3.05, 3.63) is 24.2 Å². The lowest BCUT2D eigenvalue weighted by atomic mass is 9.82. The zero-order chi connectivity index (χ0) is 22.7. The Kier molecular flexibility index (Phi) is 9.36. The van der Waals surface area contributed by atoms with Gasteiger partial charge in [-0.2, -0.15) is 0 Å². The standard InChI is InChI=1S/C14H19NO5.C8H15NO2/c1-18-12(16)14(7-3-2-4-8-14)15-13(17)20-10-11-6-5-9-19-11;1-11-7(10)8(9)5-3-2-4-6-8/h5-6,9H,2-4,7-8,10H2,1H3,(H,15,17);2-6,9H2,1H3. The Hall–Kier alpha value is -2.55. The lowest BCUT2D eigenvalue weighted by Crippen LogP contribution is -2.56. The van der Waals surface area contributed by atoms with Crippen molar-refractivity contribution in [3.63, 3.8) is 0 Å². The van der Waals surface area contributed by atoms with Crippen LogP contribution in [0.5, 0.6) is 0 Å². The number of methoxy groups -OCH3 is 2. The average Bonchev–Trinajstić information content (AvgIpc) is 3.32. The fraction of sp³-hybridized carbons (Fsp3) is 0.682. The van der Waals surface area contributed by atoms with Crippen LogP contribution in [0.2, 0.25) is 0 Å². The number of carbonyl (C=O) groups excluding carboxylic acids is 3. The van der Waals surface area contributed by atoms with E-state index in [2.05, 4.69) is 10.1 Å². The van der Waals surface area contributed by atoms with Crippen molar-refractivity contribution in [2.45, 2.75) is 81.9 Å². The fourth-order valence-corrected chi connectivity index (χ4v) is 4.08. The third kappa shape index (κ3) is 6.99. The number of amides is 1. The van der Waals surface area contributed by atoms with E-state index < -0.39 is 23.1 Å². The molecule has 9 nitrogen and oxygen atoms in total. The van der Waals surface area contributed by atoms with Crippen molar-refractivity contribution in [1.29, 1.82) is 0 Å². The van der Waals surface area contributed by atoms with Crippen LogP contribution >= 0.6 is 0 Å². The van der Waals surface area contributed by atoms with Gasteiger partial charge in [-0.1, -0.05) is 38.5 Å². The van der Waals surface area contributed by atoms with Crippen LogP contribution in [0.15, 0.2) is 22.8 Å². The lowest BCUT2D eigenvalue weighted by molar-refractivity contribution is -0.150. The molecule has 0 aromatic carbocycles. The SMILES string of the molecule is COC(=O)C1(N)CCCCC1.COC(=O)C1(NC(=O)OCc2ccco2)CCCCC1. The van der Waals surface area contributed by atoms with Crippen molar-refractivity contribution in [2.24, 2.45) is 5.73 Å². The first-order chi connectivity index (χ1) is 14.8. The van der Waals surface area contributed by atoms with E-state index in [0.717, 1.165) is 44.9 Å². The van der Waals surface area contributed by atoms with Crippen LogP contribution in [0.4, 0.5) is 4.79 Å². The second kappa shape index (κ2) is 11.7. The van der Waals surface area contributed by atoms with Crippen LogP contribution in [0.1, 0.15) is 70.0 Å². The van der Waals surface area contributed by atoms with Crippen LogP contribution in [-0.2, 0) is 30.4 Å². The van der Waals surface area contributed by atoms with Gasteiger partial charge in [-0.25, -0.2) is 9.59 Å². The number of alkyl carbamates (subject to hydrolysis) is 1. The lowest BCUT2D eigenvalue weighted by Gasteiger charge is -2.34. The summed E-state index contributed by atoms with van der Waals surface area (Å²) in [5.41, 5.74) is 4.21. The van der Waals surface area contributed by atoms with E-state index in [0.29, 0.717) is 18.6 Å². The molecule has 0 bridgehead atoms. The Morgan fingerprint density at radius 1 is 0.968 bits per heavy atom. The van der Waals surface area contributed by atoms with Crippen LogP contribution < -0.4 is 11.1 Å². The molecule has 1 aromatic heterocycles. The quantitative estimate of drug-likeness (QED) is 0.529. The Bertz CT molecular complexity index is 705. The minimum Gasteiger partial charge on any atom is -0.468 e. The summed E-state index contributed by atoms with van der Waals surface area (Å²) in [4.78, 5) is 34.9. The molecule has 1 amide bonds. The van der Waals surface area contributed by atoms with Crippen LogP contribution in [0.25, 0.3) is 0 Å². The Labute approximate surface area is 183 Å². The molecular formula is C22H34N2O7. The van der Waals surface area contributed by atoms with E-state index in [1.54, 1.807) is 12.1 Å². The molecule has 3 N–H and O–H groups in total. The van der Waals surface area contributed by atoms with E-state index >= 15 is 0 Å². The topological polar surface area (TPSA) is 130 Å².